The summed E-state index contributed by atoms with van der Waals surface area (Å²) in [7, 11) is 0. The summed E-state index contributed by atoms with van der Waals surface area (Å²) in [5.41, 5.74) is 6.14. The molecule has 1 heterocycles. The quantitative estimate of drug-likeness (QED) is 0.814. The lowest BCUT2D eigenvalue weighted by Gasteiger charge is -2.32. The third-order valence-corrected chi connectivity index (χ3v) is 3.60. The summed E-state index contributed by atoms with van der Waals surface area (Å²) in [6, 6.07) is 4.14. The van der Waals surface area contributed by atoms with Crippen LogP contribution in [-0.2, 0) is 9.53 Å². The summed E-state index contributed by atoms with van der Waals surface area (Å²) in [5, 5.41) is 2.56. The highest BCUT2D eigenvalue weighted by Gasteiger charge is 2.19. The largest absolute Gasteiger partial charge is 0.399 e. The van der Waals surface area contributed by atoms with Crippen LogP contribution in [-0.4, -0.2) is 43.2 Å². The third kappa shape index (κ3) is 4.68. The molecule has 0 spiro atoms. The smallest absolute Gasteiger partial charge is 0.225 e. The summed E-state index contributed by atoms with van der Waals surface area (Å²) in [6.45, 7) is 5.11. The molecule has 6 heteroatoms. The van der Waals surface area contributed by atoms with Crippen molar-refractivity contribution in [2.75, 3.05) is 37.3 Å². The molecule has 0 aliphatic carbocycles. The van der Waals surface area contributed by atoms with Gasteiger partial charge in [-0.25, -0.2) is 4.39 Å². The molecule has 21 heavy (non-hydrogen) atoms. The normalized spacial score (nSPS) is 19.4. The van der Waals surface area contributed by atoms with E-state index >= 15 is 0 Å². The third-order valence-electron chi connectivity index (χ3n) is 3.60. The van der Waals surface area contributed by atoms with Gasteiger partial charge in [-0.3, -0.25) is 9.69 Å². The Kier molecular flexibility index (Phi) is 5.52. The maximum absolute atomic E-state index is 13.5. The van der Waals surface area contributed by atoms with E-state index < -0.39 is 5.82 Å². The highest BCUT2D eigenvalue weighted by Crippen LogP contribution is 2.17. The van der Waals surface area contributed by atoms with Crippen molar-refractivity contribution in [3.8, 4) is 0 Å². The Labute approximate surface area is 124 Å². The number of halogens is 1. The van der Waals surface area contributed by atoms with Crippen LogP contribution in [0.3, 0.4) is 0 Å². The second-order valence-corrected chi connectivity index (χ2v) is 5.24. The Morgan fingerprint density at radius 1 is 1.57 bits per heavy atom. The zero-order chi connectivity index (χ0) is 15.2. The average molecular weight is 295 g/mol. The fourth-order valence-electron chi connectivity index (χ4n) is 2.34. The molecule has 1 fully saturated rings. The van der Waals surface area contributed by atoms with E-state index in [-0.39, 0.29) is 17.7 Å². The topological polar surface area (TPSA) is 67.6 Å². The Bertz CT molecular complexity index is 496. The first-order chi connectivity index (χ1) is 10.1. The monoisotopic (exact) mass is 295 g/mol. The van der Waals surface area contributed by atoms with Crippen molar-refractivity contribution in [3.63, 3.8) is 0 Å². The standard InChI is InChI=1S/C15H22FN3O2/c1-2-12-10-19(7-8-21-12)6-5-15(20)18-14-9-11(17)3-4-13(14)16/h3-4,9,12H,2,5-8,10,17H2,1H3,(H,18,20). The van der Waals surface area contributed by atoms with Gasteiger partial charge in [-0.05, 0) is 24.6 Å². The SMILES string of the molecule is CCC1CN(CCC(=O)Nc2cc(N)ccc2F)CCO1. The van der Waals surface area contributed by atoms with Crippen molar-refractivity contribution in [1.29, 1.82) is 0 Å². The maximum Gasteiger partial charge on any atom is 0.225 e. The molecular formula is C15H22FN3O2. The first-order valence-corrected chi connectivity index (χ1v) is 7.27. The summed E-state index contributed by atoms with van der Waals surface area (Å²) in [6.07, 6.45) is 1.54. The van der Waals surface area contributed by atoms with Gasteiger partial charge in [0.25, 0.3) is 0 Å². The van der Waals surface area contributed by atoms with E-state index in [4.69, 9.17) is 10.5 Å². The number of hydrogen-bond acceptors (Lipinski definition) is 4. The number of rotatable bonds is 5. The van der Waals surface area contributed by atoms with Crippen molar-refractivity contribution in [3.05, 3.63) is 24.0 Å². The number of morpholine rings is 1. The minimum Gasteiger partial charge on any atom is -0.399 e. The first kappa shape index (κ1) is 15.7. The van der Waals surface area contributed by atoms with E-state index in [0.29, 0.717) is 25.3 Å². The van der Waals surface area contributed by atoms with Crippen LogP contribution >= 0.6 is 0 Å². The zero-order valence-electron chi connectivity index (χ0n) is 12.3. The van der Waals surface area contributed by atoms with Crippen LogP contribution in [0.2, 0.25) is 0 Å². The molecule has 0 radical (unpaired) electrons. The fourth-order valence-corrected chi connectivity index (χ4v) is 2.34. The molecule has 2 rings (SSSR count). The lowest BCUT2D eigenvalue weighted by atomic mass is 10.2. The van der Waals surface area contributed by atoms with E-state index in [9.17, 15) is 9.18 Å². The van der Waals surface area contributed by atoms with Crippen LogP contribution in [0.1, 0.15) is 19.8 Å². The number of nitrogens with one attached hydrogen (secondary N) is 1. The number of nitrogen functional groups attached to an aromatic ring is 1. The Hall–Kier alpha value is -1.66. The fraction of sp³-hybridized carbons (Fsp3) is 0.533. The summed E-state index contributed by atoms with van der Waals surface area (Å²) < 4.78 is 19.1. The van der Waals surface area contributed by atoms with Gasteiger partial charge in [0.1, 0.15) is 5.82 Å². The highest BCUT2D eigenvalue weighted by atomic mass is 19.1. The second-order valence-electron chi connectivity index (χ2n) is 5.24. The van der Waals surface area contributed by atoms with Gasteiger partial charge in [0.2, 0.25) is 5.91 Å². The van der Waals surface area contributed by atoms with E-state index in [1.807, 2.05) is 0 Å². The number of amides is 1. The number of ether oxygens (including phenoxy) is 1. The molecule has 1 atom stereocenters. The molecule has 1 amide bonds. The molecule has 1 aliphatic rings. The van der Waals surface area contributed by atoms with Gasteiger partial charge in [0.15, 0.2) is 0 Å². The van der Waals surface area contributed by atoms with Gasteiger partial charge in [-0.2, -0.15) is 0 Å². The lowest BCUT2D eigenvalue weighted by Crippen LogP contribution is -2.43. The number of nitrogens with zero attached hydrogens (tertiary/aromatic N) is 1. The van der Waals surface area contributed by atoms with Crippen LogP contribution in [0.4, 0.5) is 15.8 Å². The van der Waals surface area contributed by atoms with E-state index in [0.717, 1.165) is 19.5 Å². The lowest BCUT2D eigenvalue weighted by molar-refractivity contribution is -0.117. The van der Waals surface area contributed by atoms with Crippen molar-refractivity contribution in [2.45, 2.75) is 25.9 Å². The summed E-state index contributed by atoms with van der Waals surface area (Å²) in [5.74, 6) is -0.686. The highest BCUT2D eigenvalue weighted by molar-refractivity contribution is 5.91. The van der Waals surface area contributed by atoms with Gasteiger partial charge in [-0.15, -0.1) is 0 Å². The van der Waals surface area contributed by atoms with Crippen molar-refractivity contribution < 1.29 is 13.9 Å². The molecule has 0 bridgehead atoms. The molecule has 0 aromatic heterocycles. The summed E-state index contributed by atoms with van der Waals surface area (Å²) in [4.78, 5) is 14.1. The van der Waals surface area contributed by atoms with Gasteiger partial charge in [0, 0.05) is 31.7 Å². The Morgan fingerprint density at radius 3 is 3.14 bits per heavy atom. The minimum absolute atomic E-state index is 0.133. The molecule has 1 aliphatic heterocycles. The molecule has 1 aromatic rings. The number of benzene rings is 1. The molecule has 116 valence electrons. The van der Waals surface area contributed by atoms with Gasteiger partial charge in [0.05, 0.1) is 18.4 Å². The number of carbonyl (C=O) groups is 1. The number of nitrogens with two attached hydrogens (primary N) is 1. The van der Waals surface area contributed by atoms with E-state index in [1.54, 1.807) is 0 Å². The summed E-state index contributed by atoms with van der Waals surface area (Å²) >= 11 is 0. The zero-order valence-corrected chi connectivity index (χ0v) is 12.3. The molecular weight excluding hydrogens is 273 g/mol. The van der Waals surface area contributed by atoms with Crippen LogP contribution in [0.5, 0.6) is 0 Å². The van der Waals surface area contributed by atoms with Crippen molar-refractivity contribution in [1.82, 2.24) is 4.90 Å². The number of carbonyl (C=O) groups excluding carboxylic acids is 1. The minimum atomic E-state index is -0.477. The van der Waals surface area contributed by atoms with Gasteiger partial charge in [-0.1, -0.05) is 6.92 Å². The van der Waals surface area contributed by atoms with Gasteiger partial charge < -0.3 is 15.8 Å². The molecule has 1 saturated heterocycles. The maximum atomic E-state index is 13.5. The van der Waals surface area contributed by atoms with E-state index in [2.05, 4.69) is 17.1 Å². The molecule has 1 aromatic carbocycles. The Balaban J connectivity index is 1.80. The molecule has 3 N–H and O–H groups in total. The second kappa shape index (κ2) is 7.38. The molecule has 1 unspecified atom stereocenters. The van der Waals surface area contributed by atoms with Crippen molar-refractivity contribution in [2.24, 2.45) is 0 Å². The predicted molar refractivity (Wildman–Crippen MR) is 80.5 cm³/mol. The van der Waals surface area contributed by atoms with Crippen LogP contribution in [0.15, 0.2) is 18.2 Å². The predicted octanol–water partition coefficient (Wildman–Crippen LogP) is 1.85. The van der Waals surface area contributed by atoms with Crippen LogP contribution in [0.25, 0.3) is 0 Å². The number of hydrogen-bond donors (Lipinski definition) is 2. The van der Waals surface area contributed by atoms with E-state index in [1.165, 1.54) is 18.2 Å². The van der Waals surface area contributed by atoms with Crippen molar-refractivity contribution >= 4 is 17.3 Å². The number of anilines is 2. The van der Waals surface area contributed by atoms with Gasteiger partial charge >= 0.3 is 0 Å². The van der Waals surface area contributed by atoms with Crippen LogP contribution < -0.4 is 11.1 Å². The first-order valence-electron chi connectivity index (χ1n) is 7.27. The molecule has 0 saturated carbocycles. The Morgan fingerprint density at radius 2 is 2.38 bits per heavy atom. The average Bonchev–Trinajstić information content (AvgIpc) is 2.49. The van der Waals surface area contributed by atoms with Crippen LogP contribution in [0, 0.1) is 5.82 Å². The molecule has 5 nitrogen and oxygen atoms in total.